The van der Waals surface area contributed by atoms with Crippen LogP contribution in [0.1, 0.15) is 26.4 Å². The molecule has 6 rings (SSSR count). The van der Waals surface area contributed by atoms with Crippen LogP contribution in [0.2, 0.25) is 0 Å². The van der Waals surface area contributed by atoms with Crippen LogP contribution in [0.3, 0.4) is 0 Å². The SMILES string of the molecule is Cc1ccc(-c2c(C#N)c(N)nc3sc(C(=O)N4CCN(Cc5ccc6c(c5)OCO6)CC4)c(N)c23)cc1. The van der Waals surface area contributed by atoms with E-state index in [4.69, 9.17) is 20.9 Å². The van der Waals surface area contributed by atoms with Crippen LogP contribution in [0.4, 0.5) is 11.5 Å². The molecule has 0 atom stereocenters. The second kappa shape index (κ2) is 9.52. The zero-order chi connectivity index (χ0) is 26.4. The Labute approximate surface area is 223 Å². The van der Waals surface area contributed by atoms with Gasteiger partial charge in [-0.2, -0.15) is 5.26 Å². The Hall–Kier alpha value is -4.33. The third-order valence-corrected chi connectivity index (χ3v) is 8.14. The van der Waals surface area contributed by atoms with Gasteiger partial charge in [-0.05, 0) is 30.2 Å². The van der Waals surface area contributed by atoms with Crippen molar-refractivity contribution >= 4 is 39.0 Å². The minimum absolute atomic E-state index is 0.125. The lowest BCUT2D eigenvalue weighted by atomic mass is 9.96. The largest absolute Gasteiger partial charge is 0.454 e. The van der Waals surface area contributed by atoms with E-state index in [9.17, 15) is 10.1 Å². The van der Waals surface area contributed by atoms with Crippen LogP contribution in [0.5, 0.6) is 11.5 Å². The summed E-state index contributed by atoms with van der Waals surface area (Å²) >= 11 is 1.23. The van der Waals surface area contributed by atoms with Gasteiger partial charge in [0.05, 0.1) is 5.69 Å². The molecule has 0 radical (unpaired) electrons. The number of carbonyl (C=O) groups is 1. The van der Waals surface area contributed by atoms with E-state index in [-0.39, 0.29) is 24.1 Å². The zero-order valence-electron chi connectivity index (χ0n) is 20.9. The van der Waals surface area contributed by atoms with Crippen LogP contribution in [-0.4, -0.2) is 53.7 Å². The zero-order valence-corrected chi connectivity index (χ0v) is 21.7. The lowest BCUT2D eigenvalue weighted by Gasteiger charge is -2.34. The summed E-state index contributed by atoms with van der Waals surface area (Å²) in [5, 5.41) is 10.5. The van der Waals surface area contributed by atoms with Gasteiger partial charge in [-0.1, -0.05) is 35.9 Å². The van der Waals surface area contributed by atoms with Gasteiger partial charge in [0, 0.05) is 43.7 Å². The van der Waals surface area contributed by atoms with E-state index in [2.05, 4.69) is 16.0 Å². The number of aryl methyl sites for hydroxylation is 1. The van der Waals surface area contributed by atoms with Gasteiger partial charge in [-0.3, -0.25) is 9.69 Å². The lowest BCUT2D eigenvalue weighted by Crippen LogP contribution is -2.48. The number of fused-ring (bicyclic) bond motifs is 2. The number of nitriles is 1. The first-order chi connectivity index (χ1) is 18.4. The Morgan fingerprint density at radius 3 is 2.55 bits per heavy atom. The molecule has 38 heavy (non-hydrogen) atoms. The fourth-order valence-electron chi connectivity index (χ4n) is 5.00. The van der Waals surface area contributed by atoms with Crippen molar-refractivity contribution in [2.45, 2.75) is 13.5 Å². The average molecular weight is 527 g/mol. The maximum Gasteiger partial charge on any atom is 0.266 e. The third kappa shape index (κ3) is 4.16. The first-order valence-corrected chi connectivity index (χ1v) is 13.1. The number of nitrogen functional groups attached to an aromatic ring is 2. The highest BCUT2D eigenvalue weighted by Gasteiger charge is 2.29. The first-order valence-electron chi connectivity index (χ1n) is 12.3. The van der Waals surface area contributed by atoms with Crippen molar-refractivity contribution in [1.82, 2.24) is 14.8 Å². The quantitative estimate of drug-likeness (QED) is 0.408. The number of piperazine rings is 1. The monoisotopic (exact) mass is 526 g/mol. The molecule has 0 unspecified atom stereocenters. The van der Waals surface area contributed by atoms with E-state index in [0.29, 0.717) is 39.4 Å². The van der Waals surface area contributed by atoms with E-state index in [1.807, 2.05) is 54.3 Å². The summed E-state index contributed by atoms with van der Waals surface area (Å²) < 4.78 is 10.9. The molecule has 2 aromatic heterocycles. The van der Waals surface area contributed by atoms with Crippen molar-refractivity contribution in [3.63, 3.8) is 0 Å². The molecule has 2 aliphatic rings. The molecule has 192 valence electrons. The fraction of sp³-hybridized carbons (Fsp3) is 0.250. The molecule has 4 heterocycles. The van der Waals surface area contributed by atoms with Gasteiger partial charge >= 0.3 is 0 Å². The fourth-order valence-corrected chi connectivity index (χ4v) is 6.08. The van der Waals surface area contributed by atoms with Crippen molar-refractivity contribution in [3.8, 4) is 28.7 Å². The van der Waals surface area contributed by atoms with Crippen molar-refractivity contribution < 1.29 is 14.3 Å². The number of hydrogen-bond donors (Lipinski definition) is 2. The Kier molecular flexibility index (Phi) is 6.02. The van der Waals surface area contributed by atoms with E-state index in [1.165, 1.54) is 11.3 Å². The Balaban J connectivity index is 1.24. The number of thiophene rings is 1. The number of rotatable bonds is 4. The van der Waals surface area contributed by atoms with Gasteiger partial charge in [0.2, 0.25) is 6.79 Å². The topological polar surface area (TPSA) is 131 Å². The molecule has 2 aromatic carbocycles. The molecule has 4 aromatic rings. The second-order valence-electron chi connectivity index (χ2n) is 9.51. The number of anilines is 2. The van der Waals surface area contributed by atoms with Crippen LogP contribution in [-0.2, 0) is 6.54 Å². The van der Waals surface area contributed by atoms with Crippen LogP contribution >= 0.6 is 11.3 Å². The number of nitrogens with two attached hydrogens (primary N) is 2. The van der Waals surface area contributed by atoms with Gasteiger partial charge in [0.1, 0.15) is 27.2 Å². The molecule has 2 aliphatic heterocycles. The number of ether oxygens (including phenoxy) is 2. The second-order valence-corrected chi connectivity index (χ2v) is 10.5. The smallest absolute Gasteiger partial charge is 0.266 e. The van der Waals surface area contributed by atoms with Crippen molar-refractivity contribution in [3.05, 3.63) is 64.0 Å². The van der Waals surface area contributed by atoms with Crippen molar-refractivity contribution in [1.29, 1.82) is 5.26 Å². The van der Waals surface area contributed by atoms with Gasteiger partial charge in [-0.15, -0.1) is 11.3 Å². The van der Waals surface area contributed by atoms with Gasteiger partial charge in [0.15, 0.2) is 11.5 Å². The molecule has 4 N–H and O–H groups in total. The summed E-state index contributed by atoms with van der Waals surface area (Å²) in [5.41, 5.74) is 17.1. The van der Waals surface area contributed by atoms with Crippen LogP contribution in [0.15, 0.2) is 42.5 Å². The van der Waals surface area contributed by atoms with E-state index >= 15 is 0 Å². The van der Waals surface area contributed by atoms with Crippen LogP contribution in [0, 0.1) is 18.3 Å². The number of carbonyl (C=O) groups excluding carboxylic acids is 1. The minimum Gasteiger partial charge on any atom is -0.454 e. The molecular weight excluding hydrogens is 500 g/mol. The standard InChI is InChI=1S/C28H26N6O3S/c1-16-2-5-18(6-3-16)22-19(13-29)26(31)32-27-23(22)24(30)25(38-27)28(35)34-10-8-33(9-11-34)14-17-4-7-20-21(12-17)37-15-36-20/h2-7,12H,8-11,14-15,30H2,1H3,(H2,31,32). The molecule has 0 saturated carbocycles. The Bertz CT molecular complexity index is 1600. The highest BCUT2D eigenvalue weighted by atomic mass is 32.1. The number of nitrogens with zero attached hydrogens (tertiary/aromatic N) is 4. The lowest BCUT2D eigenvalue weighted by molar-refractivity contribution is 0.0634. The van der Waals surface area contributed by atoms with Crippen molar-refractivity contribution in [2.24, 2.45) is 0 Å². The predicted octanol–water partition coefficient (Wildman–Crippen LogP) is 3.99. The third-order valence-electron chi connectivity index (χ3n) is 7.05. The molecule has 9 nitrogen and oxygen atoms in total. The van der Waals surface area contributed by atoms with E-state index < -0.39 is 0 Å². The highest BCUT2D eigenvalue weighted by Crippen LogP contribution is 2.43. The normalized spacial score (nSPS) is 15.1. The highest BCUT2D eigenvalue weighted by molar-refractivity contribution is 7.21. The molecule has 1 amide bonds. The maximum absolute atomic E-state index is 13.6. The molecule has 0 aliphatic carbocycles. The average Bonchev–Trinajstić information content (AvgIpc) is 3.52. The van der Waals surface area contributed by atoms with Crippen LogP contribution < -0.4 is 20.9 Å². The number of amides is 1. The summed E-state index contributed by atoms with van der Waals surface area (Å²) in [6.45, 7) is 5.67. The van der Waals surface area contributed by atoms with Gasteiger partial charge < -0.3 is 25.8 Å². The number of hydrogen-bond acceptors (Lipinski definition) is 9. The summed E-state index contributed by atoms with van der Waals surface area (Å²) in [5.74, 6) is 1.55. The number of aromatic nitrogens is 1. The molecule has 10 heteroatoms. The molecule has 0 spiro atoms. The summed E-state index contributed by atoms with van der Waals surface area (Å²) in [6.07, 6.45) is 0. The maximum atomic E-state index is 13.6. The van der Waals surface area contributed by atoms with E-state index in [0.717, 1.165) is 47.8 Å². The molecule has 1 fully saturated rings. The predicted molar refractivity (Wildman–Crippen MR) is 147 cm³/mol. The van der Waals surface area contributed by atoms with Gasteiger partial charge in [-0.25, -0.2) is 4.98 Å². The molecule has 1 saturated heterocycles. The summed E-state index contributed by atoms with van der Waals surface area (Å²) in [7, 11) is 0. The first kappa shape index (κ1) is 24.0. The molecular formula is C28H26N6O3S. The van der Waals surface area contributed by atoms with Gasteiger partial charge in [0.25, 0.3) is 5.91 Å². The molecule has 0 bridgehead atoms. The Morgan fingerprint density at radius 1 is 1.08 bits per heavy atom. The number of benzene rings is 2. The summed E-state index contributed by atoms with van der Waals surface area (Å²) in [6, 6.07) is 16.0. The summed E-state index contributed by atoms with van der Waals surface area (Å²) in [4.78, 5) is 23.2. The van der Waals surface area contributed by atoms with Crippen LogP contribution in [0.25, 0.3) is 21.3 Å². The minimum atomic E-state index is -0.125. The number of pyridine rings is 1. The van der Waals surface area contributed by atoms with E-state index in [1.54, 1.807) is 0 Å². The Morgan fingerprint density at radius 2 is 1.82 bits per heavy atom. The van der Waals surface area contributed by atoms with Crippen molar-refractivity contribution in [2.75, 3.05) is 44.4 Å².